The second kappa shape index (κ2) is 9.94. The maximum Gasteiger partial charge on any atom is 0.292 e. The average molecular weight is 492 g/mol. The van der Waals surface area contributed by atoms with Gasteiger partial charge in [0.1, 0.15) is 17.6 Å². The van der Waals surface area contributed by atoms with Gasteiger partial charge in [-0.05, 0) is 29.8 Å². The molecule has 2 aromatic carbocycles. The summed E-state index contributed by atoms with van der Waals surface area (Å²) in [6.45, 7) is 0.826. The number of halogens is 1. The van der Waals surface area contributed by atoms with E-state index in [0.29, 0.717) is 6.54 Å². The molecule has 2 saturated heterocycles. The minimum Gasteiger partial charge on any atom is -0.459 e. The molecular formula is C27H26FN3O5. The molecule has 1 unspecified atom stereocenters. The Morgan fingerprint density at radius 2 is 1.67 bits per heavy atom. The van der Waals surface area contributed by atoms with Crippen molar-refractivity contribution in [1.82, 2.24) is 15.1 Å². The zero-order chi connectivity index (χ0) is 25.1. The van der Waals surface area contributed by atoms with Gasteiger partial charge in [0.2, 0.25) is 5.91 Å². The van der Waals surface area contributed by atoms with Crippen LogP contribution < -0.4 is 5.32 Å². The van der Waals surface area contributed by atoms with Crippen molar-refractivity contribution < 1.29 is 27.9 Å². The first-order valence-corrected chi connectivity index (χ1v) is 11.8. The van der Waals surface area contributed by atoms with Gasteiger partial charge in [0.05, 0.1) is 18.4 Å². The highest BCUT2D eigenvalue weighted by molar-refractivity contribution is 5.97. The Morgan fingerprint density at radius 3 is 2.36 bits per heavy atom. The van der Waals surface area contributed by atoms with E-state index in [1.54, 1.807) is 23.1 Å². The molecule has 2 fully saturated rings. The van der Waals surface area contributed by atoms with Crippen LogP contribution in [0.4, 0.5) is 4.39 Å². The van der Waals surface area contributed by atoms with Gasteiger partial charge >= 0.3 is 0 Å². The summed E-state index contributed by atoms with van der Waals surface area (Å²) in [5.41, 5.74) is -0.143. The number of nitrogens with one attached hydrogen (secondary N) is 1. The Morgan fingerprint density at radius 1 is 0.944 bits per heavy atom. The second-order valence-corrected chi connectivity index (χ2v) is 8.90. The van der Waals surface area contributed by atoms with E-state index in [4.69, 9.17) is 9.15 Å². The van der Waals surface area contributed by atoms with Crippen LogP contribution in [0, 0.1) is 5.82 Å². The number of hydrogen-bond acceptors (Lipinski definition) is 5. The fourth-order valence-corrected chi connectivity index (χ4v) is 4.85. The van der Waals surface area contributed by atoms with Crippen molar-refractivity contribution in [3.05, 3.63) is 95.7 Å². The number of amides is 3. The molecule has 3 amide bonds. The number of carbonyl (C=O) groups is 3. The van der Waals surface area contributed by atoms with Crippen molar-refractivity contribution in [2.45, 2.75) is 31.2 Å². The van der Waals surface area contributed by atoms with Crippen LogP contribution in [0.1, 0.15) is 39.3 Å². The van der Waals surface area contributed by atoms with Gasteiger partial charge in [-0.2, -0.15) is 0 Å². The van der Waals surface area contributed by atoms with Crippen molar-refractivity contribution >= 4 is 17.7 Å². The van der Waals surface area contributed by atoms with Gasteiger partial charge < -0.3 is 19.4 Å². The van der Waals surface area contributed by atoms with Crippen molar-refractivity contribution in [1.29, 1.82) is 0 Å². The molecule has 1 aromatic heterocycles. The Hall–Kier alpha value is -3.98. The first-order valence-electron chi connectivity index (χ1n) is 11.8. The fourth-order valence-electron chi connectivity index (χ4n) is 4.85. The second-order valence-electron chi connectivity index (χ2n) is 8.90. The normalized spacial score (nSPS) is 18.9. The molecule has 3 heterocycles. The van der Waals surface area contributed by atoms with Gasteiger partial charge in [0.25, 0.3) is 11.8 Å². The largest absolute Gasteiger partial charge is 0.459 e. The van der Waals surface area contributed by atoms with Crippen LogP contribution in [0.15, 0.2) is 77.4 Å². The maximum absolute atomic E-state index is 14.2. The van der Waals surface area contributed by atoms with Crippen molar-refractivity contribution in [2.75, 3.05) is 19.7 Å². The summed E-state index contributed by atoms with van der Waals surface area (Å²) in [5, 5.41) is 2.90. The van der Waals surface area contributed by atoms with E-state index < -0.39 is 29.4 Å². The lowest BCUT2D eigenvalue weighted by atomic mass is 9.96. The zero-order valence-corrected chi connectivity index (χ0v) is 19.6. The average Bonchev–Trinajstić information content (AvgIpc) is 3.57. The number of likely N-dealkylation sites (tertiary alicyclic amines) is 1. The Bertz CT molecular complexity index is 1240. The molecule has 1 atom stereocenters. The van der Waals surface area contributed by atoms with E-state index in [2.05, 4.69) is 5.32 Å². The first kappa shape index (κ1) is 23.7. The summed E-state index contributed by atoms with van der Waals surface area (Å²) in [4.78, 5) is 42.6. The van der Waals surface area contributed by atoms with Gasteiger partial charge in [-0.15, -0.1) is 0 Å². The van der Waals surface area contributed by atoms with Crippen LogP contribution in [0.25, 0.3) is 0 Å². The third kappa shape index (κ3) is 4.49. The number of nitrogens with zero attached hydrogens (tertiary/aromatic N) is 2. The SMILES string of the molecule is O=C(NCc1ccccc1)C1COC2(CCN(C(=O)c3ccccc3F)CC2)N1C(=O)c1ccco1. The van der Waals surface area contributed by atoms with Crippen molar-refractivity contribution in [3.63, 3.8) is 0 Å². The standard InChI is InChI=1S/C27H26FN3O5/c28-21-10-5-4-9-20(21)25(33)30-14-12-27(13-15-30)31(26(34)23-11-6-16-35-23)22(18-36-27)24(32)29-17-19-7-2-1-3-8-19/h1-11,16,22H,12-15,17-18H2,(H,29,32). The van der Waals surface area contributed by atoms with Crippen LogP contribution in [0.5, 0.6) is 0 Å². The molecule has 3 aromatic rings. The van der Waals surface area contributed by atoms with E-state index >= 15 is 0 Å². The predicted molar refractivity (Wildman–Crippen MR) is 127 cm³/mol. The van der Waals surface area contributed by atoms with Gasteiger partial charge in [0, 0.05) is 32.5 Å². The quantitative estimate of drug-likeness (QED) is 0.592. The molecule has 1 N–H and O–H groups in total. The monoisotopic (exact) mass is 491 g/mol. The molecular weight excluding hydrogens is 465 g/mol. The highest BCUT2D eigenvalue weighted by Crippen LogP contribution is 2.39. The molecule has 2 aliphatic rings. The molecule has 9 heteroatoms. The number of benzene rings is 2. The van der Waals surface area contributed by atoms with Crippen LogP contribution in [-0.4, -0.2) is 59.0 Å². The highest BCUT2D eigenvalue weighted by atomic mass is 19.1. The summed E-state index contributed by atoms with van der Waals surface area (Å²) in [5.74, 6) is -1.68. The Labute approximate surface area is 207 Å². The molecule has 1 spiro atoms. The molecule has 5 rings (SSSR count). The van der Waals surface area contributed by atoms with E-state index in [-0.39, 0.29) is 49.8 Å². The van der Waals surface area contributed by atoms with Crippen LogP contribution in [0.3, 0.4) is 0 Å². The summed E-state index contributed by atoms with van der Waals surface area (Å²) in [6, 6.07) is 17.6. The number of ether oxygens (including phenoxy) is 1. The van der Waals surface area contributed by atoms with Gasteiger partial charge in [-0.3, -0.25) is 19.3 Å². The molecule has 36 heavy (non-hydrogen) atoms. The minimum atomic E-state index is -1.08. The highest BCUT2D eigenvalue weighted by Gasteiger charge is 2.54. The van der Waals surface area contributed by atoms with Gasteiger partial charge in [-0.25, -0.2) is 4.39 Å². The van der Waals surface area contributed by atoms with Crippen LogP contribution >= 0.6 is 0 Å². The lowest BCUT2D eigenvalue weighted by Gasteiger charge is -2.44. The minimum absolute atomic E-state index is 0.00229. The Balaban J connectivity index is 1.34. The molecule has 186 valence electrons. The number of rotatable bonds is 5. The first-order chi connectivity index (χ1) is 17.5. The Kier molecular flexibility index (Phi) is 6.56. The molecule has 8 nitrogen and oxygen atoms in total. The number of furan rings is 1. The molecule has 0 radical (unpaired) electrons. The third-order valence-corrected chi connectivity index (χ3v) is 6.76. The molecule has 2 aliphatic heterocycles. The van der Waals surface area contributed by atoms with Crippen LogP contribution in [-0.2, 0) is 16.1 Å². The maximum atomic E-state index is 14.2. The van der Waals surface area contributed by atoms with Crippen LogP contribution in [0.2, 0.25) is 0 Å². The van der Waals surface area contributed by atoms with E-state index in [1.807, 2.05) is 30.3 Å². The summed E-state index contributed by atoms with van der Waals surface area (Å²) >= 11 is 0. The lowest BCUT2D eigenvalue weighted by Crippen LogP contribution is -2.59. The molecule has 0 bridgehead atoms. The predicted octanol–water partition coefficient (Wildman–Crippen LogP) is 3.21. The lowest BCUT2D eigenvalue weighted by molar-refractivity contribution is -0.128. The summed E-state index contributed by atoms with van der Waals surface area (Å²) in [7, 11) is 0. The molecule has 0 saturated carbocycles. The summed E-state index contributed by atoms with van der Waals surface area (Å²) < 4.78 is 25.7. The molecule has 0 aliphatic carbocycles. The number of hydrogen-bond donors (Lipinski definition) is 1. The van der Waals surface area contributed by atoms with E-state index in [1.165, 1.54) is 29.4 Å². The van der Waals surface area contributed by atoms with Gasteiger partial charge in [-0.1, -0.05) is 42.5 Å². The number of carbonyl (C=O) groups excluding carboxylic acids is 3. The fraction of sp³-hybridized carbons (Fsp3) is 0.296. The van der Waals surface area contributed by atoms with Crippen molar-refractivity contribution in [2.24, 2.45) is 0 Å². The summed E-state index contributed by atoms with van der Waals surface area (Å²) in [6.07, 6.45) is 1.96. The van der Waals surface area contributed by atoms with Crippen molar-refractivity contribution in [3.8, 4) is 0 Å². The zero-order valence-electron chi connectivity index (χ0n) is 19.6. The van der Waals surface area contributed by atoms with E-state index in [9.17, 15) is 18.8 Å². The van der Waals surface area contributed by atoms with Gasteiger partial charge in [0.15, 0.2) is 5.76 Å². The smallest absolute Gasteiger partial charge is 0.292 e. The van der Waals surface area contributed by atoms with E-state index in [0.717, 1.165) is 5.56 Å². The number of piperidine rings is 1. The topological polar surface area (TPSA) is 92.1 Å². The third-order valence-electron chi connectivity index (χ3n) is 6.76.